The van der Waals surface area contributed by atoms with E-state index in [9.17, 15) is 0 Å². The maximum Gasteiger partial charge on any atom is 0.155 e. The summed E-state index contributed by atoms with van der Waals surface area (Å²) in [6, 6.07) is 17.6. The standard InChI is InChI=1S/C18H23NO3/c1-19-12-11-17(15-5-3-2-4-6-15)22-16-9-7-14(8-10-16)13-18(20)21/h2-10,17-21H,11-13H2,1H3. The van der Waals surface area contributed by atoms with E-state index in [4.69, 9.17) is 14.9 Å². The van der Waals surface area contributed by atoms with Gasteiger partial charge in [-0.15, -0.1) is 0 Å². The van der Waals surface area contributed by atoms with Gasteiger partial charge in [-0.05, 0) is 36.9 Å². The summed E-state index contributed by atoms with van der Waals surface area (Å²) in [5.41, 5.74) is 2.02. The van der Waals surface area contributed by atoms with E-state index in [0.29, 0.717) is 0 Å². The Morgan fingerprint density at radius 3 is 2.27 bits per heavy atom. The fourth-order valence-electron chi connectivity index (χ4n) is 2.32. The molecule has 1 unspecified atom stereocenters. The van der Waals surface area contributed by atoms with E-state index in [0.717, 1.165) is 29.8 Å². The highest BCUT2D eigenvalue weighted by atomic mass is 16.5. The smallest absolute Gasteiger partial charge is 0.155 e. The summed E-state index contributed by atoms with van der Waals surface area (Å²) in [5.74, 6) is 0.779. The van der Waals surface area contributed by atoms with E-state index in [1.165, 1.54) is 0 Å². The molecule has 0 radical (unpaired) electrons. The molecule has 0 saturated carbocycles. The Morgan fingerprint density at radius 1 is 1.00 bits per heavy atom. The first-order chi connectivity index (χ1) is 10.7. The minimum atomic E-state index is -1.32. The van der Waals surface area contributed by atoms with E-state index >= 15 is 0 Å². The van der Waals surface area contributed by atoms with Crippen molar-refractivity contribution in [2.24, 2.45) is 0 Å². The van der Waals surface area contributed by atoms with Crippen LogP contribution in [0, 0.1) is 0 Å². The molecule has 0 saturated heterocycles. The molecule has 4 heteroatoms. The van der Waals surface area contributed by atoms with E-state index in [1.807, 2.05) is 49.5 Å². The molecule has 22 heavy (non-hydrogen) atoms. The number of aliphatic hydroxyl groups excluding tert-OH is 1. The van der Waals surface area contributed by atoms with Gasteiger partial charge in [0.25, 0.3) is 0 Å². The zero-order valence-corrected chi connectivity index (χ0v) is 12.8. The van der Waals surface area contributed by atoms with Crippen LogP contribution in [0.5, 0.6) is 5.75 Å². The van der Waals surface area contributed by atoms with Gasteiger partial charge in [-0.25, -0.2) is 0 Å². The molecule has 0 bridgehead atoms. The van der Waals surface area contributed by atoms with E-state index < -0.39 is 6.29 Å². The maximum atomic E-state index is 8.98. The molecular weight excluding hydrogens is 278 g/mol. The van der Waals surface area contributed by atoms with Crippen LogP contribution in [0.1, 0.15) is 23.7 Å². The van der Waals surface area contributed by atoms with Crippen LogP contribution in [0.25, 0.3) is 0 Å². The monoisotopic (exact) mass is 301 g/mol. The van der Waals surface area contributed by atoms with Gasteiger partial charge in [-0.2, -0.15) is 0 Å². The van der Waals surface area contributed by atoms with Crippen LogP contribution in [-0.4, -0.2) is 30.1 Å². The van der Waals surface area contributed by atoms with Crippen LogP contribution >= 0.6 is 0 Å². The van der Waals surface area contributed by atoms with E-state index in [2.05, 4.69) is 17.4 Å². The van der Waals surface area contributed by atoms with Crippen LogP contribution in [-0.2, 0) is 6.42 Å². The Balaban J connectivity index is 2.06. The van der Waals surface area contributed by atoms with Gasteiger partial charge in [0.15, 0.2) is 6.29 Å². The third-order valence-corrected chi connectivity index (χ3v) is 3.45. The Labute approximate surface area is 131 Å². The largest absolute Gasteiger partial charge is 0.486 e. The van der Waals surface area contributed by atoms with Gasteiger partial charge in [-0.3, -0.25) is 0 Å². The van der Waals surface area contributed by atoms with Crippen LogP contribution < -0.4 is 10.1 Å². The van der Waals surface area contributed by atoms with Crippen molar-refractivity contribution in [2.75, 3.05) is 13.6 Å². The summed E-state index contributed by atoms with van der Waals surface area (Å²) in [5, 5.41) is 21.1. The van der Waals surface area contributed by atoms with Gasteiger partial charge in [0.05, 0.1) is 0 Å². The first-order valence-electron chi connectivity index (χ1n) is 7.50. The Morgan fingerprint density at radius 2 is 1.68 bits per heavy atom. The third-order valence-electron chi connectivity index (χ3n) is 3.45. The molecule has 0 spiro atoms. The Bertz CT molecular complexity index is 540. The molecule has 2 aromatic carbocycles. The number of nitrogens with one attached hydrogen (secondary N) is 1. The molecule has 3 N–H and O–H groups in total. The summed E-state index contributed by atoms with van der Waals surface area (Å²) in [6.45, 7) is 0.869. The van der Waals surface area contributed by atoms with Crippen molar-refractivity contribution in [1.82, 2.24) is 5.32 Å². The molecule has 0 heterocycles. The predicted octanol–water partition coefficient (Wildman–Crippen LogP) is 2.27. The summed E-state index contributed by atoms with van der Waals surface area (Å²) >= 11 is 0. The van der Waals surface area contributed by atoms with Crippen LogP contribution in [0.15, 0.2) is 54.6 Å². The fourth-order valence-corrected chi connectivity index (χ4v) is 2.32. The lowest BCUT2D eigenvalue weighted by molar-refractivity contribution is -0.0381. The van der Waals surface area contributed by atoms with Gasteiger partial charge < -0.3 is 20.3 Å². The SMILES string of the molecule is CNCCC(Oc1ccc(CC(O)O)cc1)c1ccccc1. The van der Waals surface area contributed by atoms with Crippen molar-refractivity contribution in [1.29, 1.82) is 0 Å². The van der Waals surface area contributed by atoms with Crippen molar-refractivity contribution in [3.8, 4) is 5.75 Å². The predicted molar refractivity (Wildman–Crippen MR) is 86.7 cm³/mol. The van der Waals surface area contributed by atoms with E-state index in [1.54, 1.807) is 0 Å². The number of benzene rings is 2. The normalized spacial score (nSPS) is 12.4. The number of hydrogen-bond acceptors (Lipinski definition) is 4. The molecule has 0 aliphatic heterocycles. The zero-order chi connectivity index (χ0) is 15.8. The second kappa shape index (κ2) is 8.54. The molecule has 4 nitrogen and oxygen atoms in total. The molecule has 0 amide bonds. The maximum absolute atomic E-state index is 8.98. The van der Waals surface area contributed by atoms with Gasteiger partial charge in [0.1, 0.15) is 11.9 Å². The summed E-state index contributed by atoms with van der Waals surface area (Å²) in [6.07, 6.45) is -0.234. The van der Waals surface area contributed by atoms with Gasteiger partial charge >= 0.3 is 0 Å². The van der Waals surface area contributed by atoms with Gasteiger partial charge in [-0.1, -0.05) is 42.5 Å². The van der Waals surface area contributed by atoms with Crippen LogP contribution in [0.4, 0.5) is 0 Å². The van der Waals surface area contributed by atoms with E-state index in [-0.39, 0.29) is 12.5 Å². The van der Waals surface area contributed by atoms with Crippen molar-refractivity contribution in [3.05, 3.63) is 65.7 Å². The molecule has 2 rings (SSSR count). The van der Waals surface area contributed by atoms with Crippen LogP contribution in [0.3, 0.4) is 0 Å². The number of hydrogen-bond donors (Lipinski definition) is 3. The Hall–Kier alpha value is -1.88. The van der Waals surface area contributed by atoms with Crippen molar-refractivity contribution in [3.63, 3.8) is 0 Å². The first-order valence-corrected chi connectivity index (χ1v) is 7.50. The molecular formula is C18H23NO3. The highest BCUT2D eigenvalue weighted by Gasteiger charge is 2.12. The fraction of sp³-hybridized carbons (Fsp3) is 0.333. The minimum Gasteiger partial charge on any atom is -0.486 e. The number of rotatable bonds is 8. The van der Waals surface area contributed by atoms with Crippen molar-refractivity contribution in [2.45, 2.75) is 25.2 Å². The molecule has 0 aromatic heterocycles. The molecule has 0 aliphatic rings. The Kier molecular flexibility index (Phi) is 6.40. The number of aliphatic hydroxyl groups is 2. The molecule has 2 aromatic rings. The van der Waals surface area contributed by atoms with Crippen molar-refractivity contribution >= 4 is 0 Å². The molecule has 0 aliphatic carbocycles. The minimum absolute atomic E-state index is 0.0112. The summed E-state index contributed by atoms with van der Waals surface area (Å²) in [7, 11) is 1.93. The van der Waals surface area contributed by atoms with Gasteiger partial charge in [0.2, 0.25) is 0 Å². The number of ether oxygens (including phenoxy) is 1. The quantitative estimate of drug-likeness (QED) is 0.655. The first kappa shape index (κ1) is 16.5. The second-order valence-electron chi connectivity index (χ2n) is 5.24. The molecule has 118 valence electrons. The summed E-state index contributed by atoms with van der Waals surface area (Å²) in [4.78, 5) is 0. The molecule has 1 atom stereocenters. The molecule has 0 fully saturated rings. The summed E-state index contributed by atoms with van der Waals surface area (Å²) < 4.78 is 6.10. The average Bonchev–Trinajstić information content (AvgIpc) is 2.53. The highest BCUT2D eigenvalue weighted by molar-refractivity contribution is 5.29. The highest BCUT2D eigenvalue weighted by Crippen LogP contribution is 2.25. The van der Waals surface area contributed by atoms with Crippen LogP contribution in [0.2, 0.25) is 0 Å². The lowest BCUT2D eigenvalue weighted by Gasteiger charge is -2.20. The van der Waals surface area contributed by atoms with Gasteiger partial charge in [0, 0.05) is 12.8 Å². The zero-order valence-electron chi connectivity index (χ0n) is 12.8. The average molecular weight is 301 g/mol. The third kappa shape index (κ3) is 5.15. The van der Waals surface area contributed by atoms with Crippen molar-refractivity contribution < 1.29 is 14.9 Å². The second-order valence-corrected chi connectivity index (χ2v) is 5.24. The lowest BCUT2D eigenvalue weighted by Crippen LogP contribution is -2.16. The lowest BCUT2D eigenvalue weighted by atomic mass is 10.1. The topological polar surface area (TPSA) is 61.7 Å².